The molecule has 9 heteroatoms. The number of nitrogens with zero attached hydrogens (tertiary/aromatic N) is 4. The molecule has 1 aliphatic heterocycles. The van der Waals surface area contributed by atoms with Crippen LogP contribution in [0, 0.1) is 5.92 Å². The van der Waals surface area contributed by atoms with Crippen molar-refractivity contribution in [3.8, 4) is 11.4 Å². The van der Waals surface area contributed by atoms with E-state index in [4.69, 9.17) is 9.26 Å². The van der Waals surface area contributed by atoms with E-state index in [0.717, 1.165) is 11.3 Å². The number of urea groups is 1. The molecule has 0 aliphatic carbocycles. The molecule has 1 aromatic carbocycles. The van der Waals surface area contributed by atoms with E-state index in [1.54, 1.807) is 23.4 Å². The second-order valence-corrected chi connectivity index (χ2v) is 6.92. The van der Waals surface area contributed by atoms with Gasteiger partial charge in [-0.2, -0.15) is 4.98 Å². The number of esters is 1. The number of anilines is 1. The van der Waals surface area contributed by atoms with Gasteiger partial charge in [0, 0.05) is 36.7 Å². The summed E-state index contributed by atoms with van der Waals surface area (Å²) in [6.07, 6.45) is 4.38. The number of likely N-dealkylation sites (tertiary alicyclic amines) is 1. The highest BCUT2D eigenvalue weighted by Gasteiger charge is 2.28. The summed E-state index contributed by atoms with van der Waals surface area (Å²) in [7, 11) is 0. The summed E-state index contributed by atoms with van der Waals surface area (Å²) in [6.45, 7) is 0.898. The molecule has 3 aromatic rings. The van der Waals surface area contributed by atoms with Gasteiger partial charge in [-0.05, 0) is 37.1 Å². The number of amides is 2. The van der Waals surface area contributed by atoms with Crippen LogP contribution in [0.2, 0.25) is 0 Å². The zero-order valence-electron chi connectivity index (χ0n) is 16.2. The monoisotopic (exact) mass is 407 g/mol. The number of aromatic nitrogens is 3. The molecule has 2 aromatic heterocycles. The minimum atomic E-state index is -0.320. The maximum atomic E-state index is 12.4. The smallest absolute Gasteiger partial charge is 0.321 e. The summed E-state index contributed by atoms with van der Waals surface area (Å²) in [5.74, 6) is 0.0412. The number of pyridine rings is 1. The van der Waals surface area contributed by atoms with Crippen molar-refractivity contribution in [1.82, 2.24) is 20.0 Å². The van der Waals surface area contributed by atoms with E-state index >= 15 is 0 Å². The van der Waals surface area contributed by atoms with E-state index in [-0.39, 0.29) is 30.4 Å². The average Bonchev–Trinajstić information content (AvgIpc) is 3.28. The molecule has 1 saturated heterocycles. The van der Waals surface area contributed by atoms with Crippen LogP contribution in [-0.2, 0) is 16.1 Å². The molecule has 30 heavy (non-hydrogen) atoms. The molecule has 1 aliphatic rings. The van der Waals surface area contributed by atoms with Gasteiger partial charge < -0.3 is 19.5 Å². The molecule has 1 N–H and O–H groups in total. The molecule has 0 saturated carbocycles. The number of benzene rings is 1. The highest BCUT2D eigenvalue weighted by atomic mass is 16.6. The lowest BCUT2D eigenvalue weighted by atomic mass is 9.97. The molecule has 1 fully saturated rings. The maximum Gasteiger partial charge on any atom is 0.321 e. The topological polar surface area (TPSA) is 110 Å². The fraction of sp³-hybridized carbons (Fsp3) is 0.286. The van der Waals surface area contributed by atoms with E-state index in [0.29, 0.717) is 31.8 Å². The minimum absolute atomic E-state index is 0.0825. The Kier molecular flexibility index (Phi) is 5.98. The zero-order chi connectivity index (χ0) is 20.8. The summed E-state index contributed by atoms with van der Waals surface area (Å²) in [6, 6.07) is 12.7. The number of ether oxygens (including phenoxy) is 1. The molecule has 4 rings (SSSR count). The fourth-order valence-corrected chi connectivity index (χ4v) is 3.22. The lowest BCUT2D eigenvalue weighted by Gasteiger charge is -2.30. The highest BCUT2D eigenvalue weighted by Crippen LogP contribution is 2.21. The molecule has 0 unspecified atom stereocenters. The number of hydrogen-bond donors (Lipinski definition) is 1. The van der Waals surface area contributed by atoms with Crippen molar-refractivity contribution in [2.45, 2.75) is 19.4 Å². The van der Waals surface area contributed by atoms with E-state index in [1.807, 2.05) is 36.4 Å². The molecule has 9 nitrogen and oxygen atoms in total. The number of rotatable bonds is 5. The van der Waals surface area contributed by atoms with Crippen molar-refractivity contribution < 1.29 is 18.8 Å². The van der Waals surface area contributed by atoms with Crippen LogP contribution in [0.3, 0.4) is 0 Å². The zero-order valence-corrected chi connectivity index (χ0v) is 16.2. The van der Waals surface area contributed by atoms with E-state index in [1.165, 1.54) is 0 Å². The van der Waals surface area contributed by atoms with Crippen LogP contribution >= 0.6 is 0 Å². The van der Waals surface area contributed by atoms with Gasteiger partial charge in [-0.15, -0.1) is 0 Å². The van der Waals surface area contributed by atoms with Crippen molar-refractivity contribution in [2.24, 2.45) is 5.92 Å². The SMILES string of the molecule is O=C(OCc1nc(-c2cccnc2)no1)C1CCN(C(=O)Nc2ccccc2)CC1. The third kappa shape index (κ3) is 4.80. The first kappa shape index (κ1) is 19.6. The third-order valence-electron chi connectivity index (χ3n) is 4.87. The average molecular weight is 407 g/mol. The van der Waals surface area contributed by atoms with Gasteiger partial charge in [-0.25, -0.2) is 4.79 Å². The van der Waals surface area contributed by atoms with Gasteiger partial charge in [0.2, 0.25) is 5.82 Å². The Hall–Kier alpha value is -3.75. The van der Waals surface area contributed by atoms with Crippen molar-refractivity contribution in [1.29, 1.82) is 0 Å². The summed E-state index contributed by atoms with van der Waals surface area (Å²) in [5.41, 5.74) is 1.47. The Labute approximate surface area is 173 Å². The van der Waals surface area contributed by atoms with E-state index in [9.17, 15) is 9.59 Å². The normalized spacial score (nSPS) is 14.3. The number of carbonyl (C=O) groups is 2. The number of hydrogen-bond acceptors (Lipinski definition) is 7. The second-order valence-electron chi connectivity index (χ2n) is 6.92. The Bertz CT molecular complexity index is 985. The third-order valence-corrected chi connectivity index (χ3v) is 4.87. The lowest BCUT2D eigenvalue weighted by molar-refractivity contribution is -0.152. The van der Waals surface area contributed by atoms with Crippen LogP contribution in [-0.4, -0.2) is 45.1 Å². The fourth-order valence-electron chi connectivity index (χ4n) is 3.22. The number of piperidine rings is 1. The minimum Gasteiger partial charge on any atom is -0.455 e. The van der Waals surface area contributed by atoms with Crippen LogP contribution in [0.25, 0.3) is 11.4 Å². The standard InChI is InChI=1S/C21H21N5O4/c27-20(29-14-18-24-19(25-30-18)16-5-4-10-22-13-16)15-8-11-26(12-9-15)21(28)23-17-6-2-1-3-7-17/h1-7,10,13,15H,8-9,11-12,14H2,(H,23,28). The Balaban J connectivity index is 1.23. The van der Waals surface area contributed by atoms with Gasteiger partial charge in [0.1, 0.15) is 0 Å². The van der Waals surface area contributed by atoms with Crippen LogP contribution in [0.15, 0.2) is 59.4 Å². The van der Waals surface area contributed by atoms with Crippen LogP contribution < -0.4 is 5.32 Å². The molecule has 0 atom stereocenters. The molecular weight excluding hydrogens is 386 g/mol. The van der Waals surface area contributed by atoms with Crippen LogP contribution in [0.1, 0.15) is 18.7 Å². The Morgan fingerprint density at radius 3 is 2.67 bits per heavy atom. The predicted molar refractivity (Wildman–Crippen MR) is 107 cm³/mol. The lowest BCUT2D eigenvalue weighted by Crippen LogP contribution is -2.42. The Morgan fingerprint density at radius 1 is 1.13 bits per heavy atom. The van der Waals surface area contributed by atoms with Gasteiger partial charge in [-0.3, -0.25) is 9.78 Å². The van der Waals surface area contributed by atoms with Gasteiger partial charge in [-0.1, -0.05) is 23.4 Å². The first-order valence-electron chi connectivity index (χ1n) is 9.69. The number of carbonyl (C=O) groups excluding carboxylic acids is 2. The maximum absolute atomic E-state index is 12.4. The predicted octanol–water partition coefficient (Wildman–Crippen LogP) is 3.12. The van der Waals surface area contributed by atoms with Crippen molar-refractivity contribution in [3.05, 3.63) is 60.7 Å². The van der Waals surface area contributed by atoms with Gasteiger partial charge >= 0.3 is 12.0 Å². The van der Waals surface area contributed by atoms with E-state index < -0.39 is 0 Å². The van der Waals surface area contributed by atoms with Crippen molar-refractivity contribution >= 4 is 17.7 Å². The largest absolute Gasteiger partial charge is 0.455 e. The summed E-state index contributed by atoms with van der Waals surface area (Å²) >= 11 is 0. The number of para-hydroxylation sites is 1. The first-order valence-corrected chi connectivity index (χ1v) is 9.69. The van der Waals surface area contributed by atoms with Crippen molar-refractivity contribution in [3.63, 3.8) is 0 Å². The first-order chi connectivity index (χ1) is 14.7. The molecule has 2 amide bonds. The Morgan fingerprint density at radius 2 is 1.93 bits per heavy atom. The molecule has 3 heterocycles. The molecule has 154 valence electrons. The van der Waals surface area contributed by atoms with E-state index in [2.05, 4.69) is 20.4 Å². The van der Waals surface area contributed by atoms with Gasteiger partial charge in [0.05, 0.1) is 5.92 Å². The van der Waals surface area contributed by atoms with Crippen LogP contribution in [0.5, 0.6) is 0 Å². The highest BCUT2D eigenvalue weighted by molar-refractivity contribution is 5.89. The summed E-state index contributed by atoms with van der Waals surface area (Å²) in [4.78, 5) is 34.6. The molecule has 0 bridgehead atoms. The molecule has 0 spiro atoms. The number of nitrogens with one attached hydrogen (secondary N) is 1. The van der Waals surface area contributed by atoms with Gasteiger partial charge in [0.15, 0.2) is 6.61 Å². The quantitative estimate of drug-likeness (QED) is 0.647. The summed E-state index contributed by atoms with van der Waals surface area (Å²) in [5, 5.41) is 6.73. The summed E-state index contributed by atoms with van der Waals surface area (Å²) < 4.78 is 10.5. The van der Waals surface area contributed by atoms with Gasteiger partial charge in [0.25, 0.3) is 5.89 Å². The molecule has 0 radical (unpaired) electrons. The molecular formula is C21H21N5O4. The second kappa shape index (κ2) is 9.17. The van der Waals surface area contributed by atoms with Crippen LogP contribution in [0.4, 0.5) is 10.5 Å². The van der Waals surface area contributed by atoms with Crippen molar-refractivity contribution in [2.75, 3.05) is 18.4 Å².